The highest BCUT2D eigenvalue weighted by atomic mass is 32.2. The molecule has 2 aromatic rings. The van der Waals surface area contributed by atoms with Crippen LogP contribution in [0.25, 0.3) is 0 Å². The van der Waals surface area contributed by atoms with Crippen molar-refractivity contribution < 1.29 is 30.5 Å². The molecule has 0 saturated carbocycles. The Balaban J connectivity index is 1.89. The molecule has 0 spiro atoms. The first-order chi connectivity index (χ1) is 13.2. The number of rotatable bonds is 5. The van der Waals surface area contributed by atoms with Crippen LogP contribution in [0, 0.1) is 11.3 Å². The Morgan fingerprint density at radius 1 is 1.18 bits per heavy atom. The molecule has 7 nitrogen and oxygen atoms in total. The van der Waals surface area contributed by atoms with Crippen molar-refractivity contribution in [3.05, 3.63) is 46.9 Å². The fourth-order valence-corrected chi connectivity index (χ4v) is 3.21. The van der Waals surface area contributed by atoms with Gasteiger partial charge in [0.05, 0.1) is 11.4 Å². The molecule has 0 fully saturated rings. The SMILES string of the molecule is N#Cc1cccc(COc2cc(OS(=O)(=O)C(F)(F)F)c3c(n2)CCCC3)n1. The van der Waals surface area contributed by atoms with Gasteiger partial charge < -0.3 is 8.92 Å². The molecule has 3 rings (SSSR count). The van der Waals surface area contributed by atoms with Crippen molar-refractivity contribution in [1.29, 1.82) is 5.26 Å². The number of pyridine rings is 2. The number of fused-ring (bicyclic) bond motifs is 1. The maximum absolute atomic E-state index is 12.7. The highest BCUT2D eigenvalue weighted by molar-refractivity contribution is 7.88. The second kappa shape index (κ2) is 7.63. The van der Waals surface area contributed by atoms with Gasteiger partial charge in [0.25, 0.3) is 0 Å². The van der Waals surface area contributed by atoms with Crippen LogP contribution in [0.2, 0.25) is 0 Å². The van der Waals surface area contributed by atoms with E-state index in [2.05, 4.69) is 14.2 Å². The predicted octanol–water partition coefficient (Wildman–Crippen LogP) is 3.03. The van der Waals surface area contributed by atoms with Gasteiger partial charge >= 0.3 is 15.6 Å². The van der Waals surface area contributed by atoms with E-state index in [0.29, 0.717) is 36.2 Å². The van der Waals surface area contributed by atoms with Gasteiger partial charge in [0.15, 0.2) is 5.75 Å². The Morgan fingerprint density at radius 3 is 2.64 bits per heavy atom. The summed E-state index contributed by atoms with van der Waals surface area (Å²) in [6, 6.07) is 7.63. The van der Waals surface area contributed by atoms with Crippen molar-refractivity contribution in [2.45, 2.75) is 37.8 Å². The molecule has 0 aliphatic heterocycles. The number of alkyl halides is 3. The molecule has 28 heavy (non-hydrogen) atoms. The van der Waals surface area contributed by atoms with Crippen molar-refractivity contribution in [3.63, 3.8) is 0 Å². The molecule has 0 atom stereocenters. The number of aryl methyl sites for hydroxylation is 1. The minimum absolute atomic E-state index is 0.0859. The average Bonchev–Trinajstić information content (AvgIpc) is 2.65. The topological polar surface area (TPSA) is 102 Å². The summed E-state index contributed by atoms with van der Waals surface area (Å²) in [5.41, 5.74) is -4.19. The van der Waals surface area contributed by atoms with E-state index < -0.39 is 21.4 Å². The van der Waals surface area contributed by atoms with E-state index in [4.69, 9.17) is 10.00 Å². The van der Waals surface area contributed by atoms with E-state index in [-0.39, 0.29) is 18.2 Å². The first kappa shape index (κ1) is 19.9. The van der Waals surface area contributed by atoms with E-state index in [1.54, 1.807) is 12.1 Å². The van der Waals surface area contributed by atoms with Gasteiger partial charge in [0.1, 0.15) is 18.4 Å². The molecule has 0 radical (unpaired) electrons. The highest BCUT2D eigenvalue weighted by Crippen LogP contribution is 2.35. The molecule has 1 aliphatic carbocycles. The van der Waals surface area contributed by atoms with Gasteiger partial charge in [-0.3, -0.25) is 0 Å². The number of hydrogen-bond donors (Lipinski definition) is 0. The van der Waals surface area contributed by atoms with E-state index in [1.807, 2.05) is 6.07 Å². The predicted molar refractivity (Wildman–Crippen MR) is 89.8 cm³/mol. The fourth-order valence-electron chi connectivity index (χ4n) is 2.73. The first-order valence-corrected chi connectivity index (χ1v) is 9.63. The number of nitriles is 1. The van der Waals surface area contributed by atoms with E-state index in [1.165, 1.54) is 6.07 Å². The molecule has 148 valence electrons. The van der Waals surface area contributed by atoms with Gasteiger partial charge in [-0.05, 0) is 37.8 Å². The molecule has 1 aliphatic rings. The van der Waals surface area contributed by atoms with Crippen molar-refractivity contribution >= 4 is 10.1 Å². The average molecular weight is 413 g/mol. The molecular formula is C17H14F3N3O4S. The second-order valence-corrected chi connectivity index (χ2v) is 7.53. The van der Waals surface area contributed by atoms with Gasteiger partial charge in [-0.25, -0.2) is 9.97 Å². The lowest BCUT2D eigenvalue weighted by molar-refractivity contribution is -0.0500. The minimum atomic E-state index is -5.81. The maximum Gasteiger partial charge on any atom is 0.534 e. The smallest absolute Gasteiger partial charge is 0.471 e. The summed E-state index contributed by atoms with van der Waals surface area (Å²) in [7, 11) is -5.81. The van der Waals surface area contributed by atoms with Crippen molar-refractivity contribution in [2.24, 2.45) is 0 Å². The molecular weight excluding hydrogens is 399 g/mol. The maximum atomic E-state index is 12.7. The molecule has 0 amide bonds. The van der Waals surface area contributed by atoms with Crippen LogP contribution in [-0.4, -0.2) is 23.9 Å². The summed E-state index contributed by atoms with van der Waals surface area (Å²) in [6.07, 6.45) is 2.27. The van der Waals surface area contributed by atoms with Crippen LogP contribution in [0.4, 0.5) is 13.2 Å². The third kappa shape index (κ3) is 4.33. The van der Waals surface area contributed by atoms with Gasteiger partial charge in [0, 0.05) is 11.6 Å². The second-order valence-electron chi connectivity index (χ2n) is 5.99. The van der Waals surface area contributed by atoms with Crippen LogP contribution in [0.3, 0.4) is 0 Å². The molecule has 0 saturated heterocycles. The zero-order valence-electron chi connectivity index (χ0n) is 14.4. The summed E-state index contributed by atoms with van der Waals surface area (Å²) >= 11 is 0. The zero-order chi connectivity index (χ0) is 20.4. The van der Waals surface area contributed by atoms with Crippen molar-refractivity contribution in [1.82, 2.24) is 9.97 Å². The third-order valence-corrected chi connectivity index (χ3v) is 4.97. The molecule has 0 unspecified atom stereocenters. The number of ether oxygens (including phenoxy) is 1. The Labute approximate surface area is 158 Å². The number of hydrogen-bond acceptors (Lipinski definition) is 7. The monoisotopic (exact) mass is 413 g/mol. The molecule has 11 heteroatoms. The Morgan fingerprint density at radius 2 is 1.93 bits per heavy atom. The molecule has 2 heterocycles. The Kier molecular flexibility index (Phi) is 5.42. The van der Waals surface area contributed by atoms with Crippen LogP contribution < -0.4 is 8.92 Å². The minimum Gasteiger partial charge on any atom is -0.471 e. The lowest BCUT2D eigenvalue weighted by atomic mass is 9.95. The third-order valence-electron chi connectivity index (χ3n) is 4.01. The van der Waals surface area contributed by atoms with Crippen LogP contribution >= 0.6 is 0 Å². The van der Waals surface area contributed by atoms with E-state index >= 15 is 0 Å². The van der Waals surface area contributed by atoms with E-state index in [9.17, 15) is 21.6 Å². The van der Waals surface area contributed by atoms with Crippen molar-refractivity contribution in [3.8, 4) is 17.7 Å². The summed E-state index contributed by atoms with van der Waals surface area (Å²) in [6.45, 7) is -0.104. The summed E-state index contributed by atoms with van der Waals surface area (Å²) in [5.74, 6) is -0.520. The largest absolute Gasteiger partial charge is 0.534 e. The number of halogens is 3. The normalized spacial score (nSPS) is 14.1. The summed E-state index contributed by atoms with van der Waals surface area (Å²) in [4.78, 5) is 8.27. The van der Waals surface area contributed by atoms with Gasteiger partial charge in [-0.1, -0.05) is 6.07 Å². The van der Waals surface area contributed by atoms with Crippen LogP contribution in [-0.2, 0) is 29.6 Å². The summed E-state index contributed by atoms with van der Waals surface area (Å²) < 4.78 is 70.8. The molecule has 0 bridgehead atoms. The Bertz CT molecular complexity index is 1030. The summed E-state index contributed by atoms with van der Waals surface area (Å²) in [5, 5.41) is 8.86. The quantitative estimate of drug-likeness (QED) is 0.548. The highest BCUT2D eigenvalue weighted by Gasteiger charge is 2.49. The van der Waals surface area contributed by atoms with Crippen molar-refractivity contribution in [2.75, 3.05) is 0 Å². The molecule has 0 N–H and O–H groups in total. The van der Waals surface area contributed by atoms with Gasteiger partial charge in [-0.2, -0.15) is 26.9 Å². The fraction of sp³-hybridized carbons (Fsp3) is 0.353. The standard InChI is InChI=1S/C17H14F3N3O4S/c18-17(19,20)28(24,25)27-15-8-16(23-14-7-2-1-6-13(14)15)26-10-12-5-3-4-11(9-21)22-12/h3-5,8H,1-2,6-7,10H2. The lowest BCUT2D eigenvalue weighted by Crippen LogP contribution is -2.28. The van der Waals surface area contributed by atoms with Crippen LogP contribution in [0.15, 0.2) is 24.3 Å². The number of aromatic nitrogens is 2. The zero-order valence-corrected chi connectivity index (χ0v) is 15.2. The molecule has 0 aromatic carbocycles. The van der Waals surface area contributed by atoms with Crippen LogP contribution in [0.5, 0.6) is 11.6 Å². The molecule has 2 aromatic heterocycles. The van der Waals surface area contributed by atoms with Gasteiger partial charge in [-0.15, -0.1) is 0 Å². The van der Waals surface area contributed by atoms with Gasteiger partial charge in [0.2, 0.25) is 5.88 Å². The first-order valence-electron chi connectivity index (χ1n) is 8.22. The lowest BCUT2D eigenvalue weighted by Gasteiger charge is -2.20. The van der Waals surface area contributed by atoms with Crippen LogP contribution in [0.1, 0.15) is 35.5 Å². The number of nitrogens with zero attached hydrogens (tertiary/aromatic N) is 3. The Hall–Kier alpha value is -2.87. The van der Waals surface area contributed by atoms with E-state index in [0.717, 1.165) is 12.5 Å².